The predicted octanol–water partition coefficient (Wildman–Crippen LogP) is 0.931. The number of methoxy groups -OCH3 is 1. The number of rotatable bonds is 2. The number of morpholine rings is 1. The van der Waals surface area contributed by atoms with Crippen LogP contribution in [0.1, 0.15) is 11.7 Å². The highest BCUT2D eigenvalue weighted by molar-refractivity contribution is 5.96. The second-order valence-corrected chi connectivity index (χ2v) is 3.77. The van der Waals surface area contributed by atoms with Gasteiger partial charge in [-0.3, -0.25) is 0 Å². The Kier molecular flexibility index (Phi) is 3.62. The molecule has 0 bridgehead atoms. The zero-order valence-corrected chi connectivity index (χ0v) is 9.88. The average molecular weight is 247 g/mol. The van der Waals surface area contributed by atoms with E-state index in [9.17, 15) is 9.59 Å². The van der Waals surface area contributed by atoms with Gasteiger partial charge >= 0.3 is 11.9 Å². The van der Waals surface area contributed by atoms with E-state index in [0.29, 0.717) is 6.54 Å². The third kappa shape index (κ3) is 2.68. The second kappa shape index (κ2) is 5.35. The molecule has 1 atom stereocenters. The molecule has 1 aliphatic heterocycles. The van der Waals surface area contributed by atoms with Crippen LogP contribution in [0.3, 0.4) is 0 Å². The molecule has 18 heavy (non-hydrogen) atoms. The Bertz CT molecular complexity index is 481. The quantitative estimate of drug-likeness (QED) is 0.622. The van der Waals surface area contributed by atoms with Crippen molar-refractivity contribution in [3.63, 3.8) is 0 Å². The van der Waals surface area contributed by atoms with E-state index in [1.807, 2.05) is 30.3 Å². The highest BCUT2D eigenvalue weighted by Crippen LogP contribution is 2.21. The van der Waals surface area contributed by atoms with E-state index >= 15 is 0 Å². The van der Waals surface area contributed by atoms with E-state index in [1.165, 1.54) is 7.11 Å². The minimum atomic E-state index is -0.590. The number of nitrogens with one attached hydrogen (secondary N) is 1. The third-order valence-electron chi connectivity index (χ3n) is 2.58. The molecule has 0 amide bonds. The smallest absolute Gasteiger partial charge is 0.355 e. The van der Waals surface area contributed by atoms with E-state index in [1.54, 1.807) is 0 Å². The molecular formula is C13H13NO4. The van der Waals surface area contributed by atoms with Crippen molar-refractivity contribution in [2.45, 2.75) is 6.10 Å². The molecule has 94 valence electrons. The molecule has 1 aliphatic rings. The largest absolute Gasteiger partial charge is 0.466 e. The first-order valence-corrected chi connectivity index (χ1v) is 5.50. The number of benzene rings is 1. The number of hydrogen-bond donors (Lipinski definition) is 1. The first-order valence-electron chi connectivity index (χ1n) is 5.50. The van der Waals surface area contributed by atoms with Gasteiger partial charge in [-0.1, -0.05) is 30.3 Å². The van der Waals surface area contributed by atoms with Crippen LogP contribution in [-0.2, 0) is 19.1 Å². The fourth-order valence-electron chi connectivity index (χ4n) is 1.65. The fraction of sp³-hybridized carbons (Fsp3) is 0.231. The first kappa shape index (κ1) is 12.2. The summed E-state index contributed by atoms with van der Waals surface area (Å²) in [4.78, 5) is 22.7. The maximum Gasteiger partial charge on any atom is 0.355 e. The van der Waals surface area contributed by atoms with E-state index in [0.717, 1.165) is 11.6 Å². The van der Waals surface area contributed by atoms with Crippen molar-refractivity contribution in [2.75, 3.05) is 13.7 Å². The van der Waals surface area contributed by atoms with Crippen LogP contribution < -0.4 is 5.32 Å². The molecule has 1 fully saturated rings. The molecule has 1 heterocycles. The van der Waals surface area contributed by atoms with Gasteiger partial charge in [0.1, 0.15) is 11.8 Å². The monoisotopic (exact) mass is 247 g/mol. The Balaban J connectivity index is 2.07. The first-order chi connectivity index (χ1) is 8.70. The van der Waals surface area contributed by atoms with Crippen LogP contribution in [-0.4, -0.2) is 25.6 Å². The Morgan fingerprint density at radius 2 is 2.17 bits per heavy atom. The van der Waals surface area contributed by atoms with Crippen molar-refractivity contribution in [1.82, 2.24) is 5.32 Å². The second-order valence-electron chi connectivity index (χ2n) is 3.77. The van der Waals surface area contributed by atoms with Crippen LogP contribution in [0.4, 0.5) is 0 Å². The molecule has 1 unspecified atom stereocenters. The van der Waals surface area contributed by atoms with Gasteiger partial charge in [0.25, 0.3) is 0 Å². The van der Waals surface area contributed by atoms with Crippen molar-refractivity contribution in [2.24, 2.45) is 0 Å². The number of cyclic esters (lactones) is 1. The van der Waals surface area contributed by atoms with Crippen LogP contribution in [0.5, 0.6) is 0 Å². The van der Waals surface area contributed by atoms with Crippen molar-refractivity contribution < 1.29 is 19.1 Å². The zero-order chi connectivity index (χ0) is 13.0. The Morgan fingerprint density at radius 3 is 2.78 bits per heavy atom. The Morgan fingerprint density at radius 1 is 1.44 bits per heavy atom. The van der Waals surface area contributed by atoms with Crippen LogP contribution in [0.2, 0.25) is 0 Å². The topological polar surface area (TPSA) is 64.6 Å². The summed E-state index contributed by atoms with van der Waals surface area (Å²) in [5, 5.41) is 2.87. The molecule has 0 saturated carbocycles. The van der Waals surface area contributed by atoms with E-state index < -0.39 is 11.9 Å². The van der Waals surface area contributed by atoms with Crippen LogP contribution in [0, 0.1) is 0 Å². The summed E-state index contributed by atoms with van der Waals surface area (Å²) >= 11 is 0. The minimum absolute atomic E-state index is 0.119. The highest BCUT2D eigenvalue weighted by atomic mass is 16.5. The lowest BCUT2D eigenvalue weighted by molar-refractivity contribution is -0.148. The van der Waals surface area contributed by atoms with Crippen molar-refractivity contribution in [3.05, 3.63) is 47.7 Å². The minimum Gasteiger partial charge on any atom is -0.466 e. The summed E-state index contributed by atoms with van der Waals surface area (Å²) in [5.41, 5.74) is 1.03. The summed E-state index contributed by atoms with van der Waals surface area (Å²) in [6.45, 7) is 0.429. The molecule has 0 aliphatic carbocycles. The summed E-state index contributed by atoms with van der Waals surface area (Å²) < 4.78 is 9.70. The Labute approximate surface area is 104 Å². The number of carbonyl (C=O) groups excluding carboxylic acids is 2. The summed E-state index contributed by atoms with van der Waals surface area (Å²) in [6.07, 6.45) is 0.747. The molecule has 5 heteroatoms. The highest BCUT2D eigenvalue weighted by Gasteiger charge is 2.26. The van der Waals surface area contributed by atoms with Crippen LogP contribution >= 0.6 is 0 Å². The maximum atomic E-state index is 11.7. The van der Waals surface area contributed by atoms with Gasteiger partial charge in [-0.05, 0) is 5.56 Å². The van der Waals surface area contributed by atoms with Gasteiger partial charge < -0.3 is 14.8 Å². The fourth-order valence-corrected chi connectivity index (χ4v) is 1.65. The van der Waals surface area contributed by atoms with Crippen molar-refractivity contribution in [1.29, 1.82) is 0 Å². The lowest BCUT2D eigenvalue weighted by Crippen LogP contribution is -2.36. The van der Waals surface area contributed by atoms with Crippen molar-refractivity contribution >= 4 is 11.9 Å². The molecule has 1 N–H and O–H groups in total. The molecule has 1 aromatic carbocycles. The van der Waals surface area contributed by atoms with Gasteiger partial charge in [0.15, 0.2) is 0 Å². The lowest BCUT2D eigenvalue weighted by Gasteiger charge is -2.25. The van der Waals surface area contributed by atoms with Gasteiger partial charge in [-0.25, -0.2) is 9.59 Å². The summed E-state index contributed by atoms with van der Waals surface area (Å²) in [6, 6.07) is 9.42. The van der Waals surface area contributed by atoms with Gasteiger partial charge in [0, 0.05) is 0 Å². The predicted molar refractivity (Wildman–Crippen MR) is 63.4 cm³/mol. The molecule has 0 radical (unpaired) electrons. The normalized spacial score (nSPS) is 21.1. The standard InChI is InChI=1S/C13H13NO4/c1-17-12(15)7-10-13(16)18-11(8-14-10)9-5-3-2-4-6-9/h2-7,11,14H,8H2,1H3/b10-7+. The van der Waals surface area contributed by atoms with Crippen LogP contribution in [0.25, 0.3) is 0 Å². The number of ether oxygens (including phenoxy) is 2. The molecule has 0 spiro atoms. The molecule has 0 aromatic heterocycles. The molecule has 5 nitrogen and oxygen atoms in total. The van der Waals surface area contributed by atoms with E-state index in [4.69, 9.17) is 4.74 Å². The molecule has 1 aromatic rings. The summed E-state index contributed by atoms with van der Waals surface area (Å²) in [5.74, 6) is -1.15. The van der Waals surface area contributed by atoms with Gasteiger partial charge in [-0.2, -0.15) is 0 Å². The SMILES string of the molecule is COC(=O)/C=C1/NCC(c2ccccc2)OC1=O. The van der Waals surface area contributed by atoms with Gasteiger partial charge in [0.05, 0.1) is 19.7 Å². The molecular weight excluding hydrogens is 234 g/mol. The summed E-state index contributed by atoms with van der Waals surface area (Å²) in [7, 11) is 1.25. The average Bonchev–Trinajstić information content (AvgIpc) is 2.42. The van der Waals surface area contributed by atoms with Crippen molar-refractivity contribution in [3.8, 4) is 0 Å². The van der Waals surface area contributed by atoms with E-state index in [2.05, 4.69) is 10.1 Å². The molecule has 1 saturated heterocycles. The number of carbonyl (C=O) groups is 2. The third-order valence-corrected chi connectivity index (χ3v) is 2.58. The molecule has 2 rings (SSSR count). The maximum absolute atomic E-state index is 11.7. The Hall–Kier alpha value is -2.30. The number of hydrogen-bond acceptors (Lipinski definition) is 5. The lowest BCUT2D eigenvalue weighted by atomic mass is 10.1. The van der Waals surface area contributed by atoms with Gasteiger partial charge in [-0.15, -0.1) is 0 Å². The van der Waals surface area contributed by atoms with Gasteiger partial charge in [0.2, 0.25) is 0 Å². The number of esters is 2. The van der Waals surface area contributed by atoms with E-state index in [-0.39, 0.29) is 11.8 Å². The zero-order valence-electron chi connectivity index (χ0n) is 9.88. The van der Waals surface area contributed by atoms with Crippen LogP contribution in [0.15, 0.2) is 42.1 Å².